The molecule has 7 heteroatoms. The number of anilines is 1. The van der Waals surface area contributed by atoms with Crippen LogP contribution in [0.5, 0.6) is 0 Å². The van der Waals surface area contributed by atoms with Crippen LogP contribution in [0, 0.1) is 5.92 Å². The monoisotopic (exact) mass is 398 g/mol. The minimum absolute atomic E-state index is 0.00903. The summed E-state index contributed by atoms with van der Waals surface area (Å²) in [6.45, 7) is 5.33. The lowest BCUT2D eigenvalue weighted by Gasteiger charge is -2.14. The lowest BCUT2D eigenvalue weighted by Crippen LogP contribution is -2.36. The van der Waals surface area contributed by atoms with E-state index in [0.717, 1.165) is 18.4 Å². The largest absolute Gasteiger partial charge is 0.449 e. The molecule has 1 aromatic carbocycles. The maximum absolute atomic E-state index is 12.9. The van der Waals surface area contributed by atoms with Crippen molar-refractivity contribution in [3.8, 4) is 11.1 Å². The van der Waals surface area contributed by atoms with Gasteiger partial charge in [0.25, 0.3) is 5.91 Å². The minimum atomic E-state index is -0.969. The first-order valence-electron chi connectivity index (χ1n) is 9.08. The lowest BCUT2D eigenvalue weighted by molar-refractivity contribution is -0.128. The standard InChI is InChI=1S/C21H22N2O4S/c1-3-11-22-18(24)13(2)27-21(26)17-16(14-7-5-4-6-8-14)12-28-20(17)23-19(25)15-9-10-15/h3-8,12-13,15H,1,9-11H2,2H3,(H,22,24)(H,23,25)/t13-/m0/s1. The third-order valence-corrected chi connectivity index (χ3v) is 5.23. The van der Waals surface area contributed by atoms with Crippen molar-refractivity contribution >= 4 is 34.1 Å². The van der Waals surface area contributed by atoms with Gasteiger partial charge in [0.2, 0.25) is 5.91 Å². The molecule has 6 nitrogen and oxygen atoms in total. The van der Waals surface area contributed by atoms with Crippen molar-refractivity contribution < 1.29 is 19.1 Å². The predicted octanol–water partition coefficient (Wildman–Crippen LogP) is 3.61. The zero-order chi connectivity index (χ0) is 20.1. The summed E-state index contributed by atoms with van der Waals surface area (Å²) in [5, 5.41) is 7.70. The third kappa shape index (κ3) is 4.67. The summed E-state index contributed by atoms with van der Waals surface area (Å²) in [6, 6.07) is 9.39. The van der Waals surface area contributed by atoms with Crippen molar-refractivity contribution in [1.82, 2.24) is 5.32 Å². The van der Waals surface area contributed by atoms with Crippen LogP contribution < -0.4 is 10.6 Å². The van der Waals surface area contributed by atoms with Crippen LogP contribution in [0.1, 0.15) is 30.1 Å². The first-order chi connectivity index (χ1) is 13.5. The van der Waals surface area contributed by atoms with Crippen molar-refractivity contribution in [1.29, 1.82) is 0 Å². The minimum Gasteiger partial charge on any atom is -0.449 e. The van der Waals surface area contributed by atoms with E-state index in [1.165, 1.54) is 18.3 Å². The molecular formula is C21H22N2O4S. The van der Waals surface area contributed by atoms with Crippen molar-refractivity contribution in [2.45, 2.75) is 25.9 Å². The van der Waals surface area contributed by atoms with Crippen molar-refractivity contribution in [2.24, 2.45) is 5.92 Å². The molecule has 1 atom stereocenters. The topological polar surface area (TPSA) is 84.5 Å². The summed E-state index contributed by atoms with van der Waals surface area (Å²) in [4.78, 5) is 37.1. The van der Waals surface area contributed by atoms with Gasteiger partial charge >= 0.3 is 5.97 Å². The maximum Gasteiger partial charge on any atom is 0.342 e. The molecule has 3 rings (SSSR count). The van der Waals surface area contributed by atoms with E-state index >= 15 is 0 Å². The summed E-state index contributed by atoms with van der Waals surface area (Å²) in [6.07, 6.45) is 2.30. The SMILES string of the molecule is C=CCNC(=O)[C@H](C)OC(=O)c1c(-c2ccccc2)csc1NC(=O)C1CC1. The molecule has 0 aliphatic heterocycles. The molecular weight excluding hydrogens is 376 g/mol. The van der Waals surface area contributed by atoms with Gasteiger partial charge in [0, 0.05) is 23.4 Å². The number of ether oxygens (including phenoxy) is 1. The number of esters is 1. The summed E-state index contributed by atoms with van der Waals surface area (Å²) < 4.78 is 5.38. The van der Waals surface area contributed by atoms with Gasteiger partial charge in [-0.1, -0.05) is 36.4 Å². The van der Waals surface area contributed by atoms with Crippen LogP contribution in [-0.2, 0) is 14.3 Å². The normalized spacial score (nSPS) is 14.0. The summed E-state index contributed by atoms with van der Waals surface area (Å²) >= 11 is 1.28. The number of carbonyl (C=O) groups excluding carboxylic acids is 3. The molecule has 0 bridgehead atoms. The molecule has 0 spiro atoms. The van der Waals surface area contributed by atoms with Crippen molar-refractivity contribution in [2.75, 3.05) is 11.9 Å². The zero-order valence-electron chi connectivity index (χ0n) is 15.6. The molecule has 2 N–H and O–H groups in total. The molecule has 0 saturated heterocycles. The van der Waals surface area contributed by atoms with Crippen LogP contribution in [-0.4, -0.2) is 30.4 Å². The number of amides is 2. The fourth-order valence-electron chi connectivity index (χ4n) is 2.63. The van der Waals surface area contributed by atoms with Crippen LogP contribution in [0.3, 0.4) is 0 Å². The summed E-state index contributed by atoms with van der Waals surface area (Å²) in [5.41, 5.74) is 1.77. The van der Waals surface area contributed by atoms with Gasteiger partial charge in [0.1, 0.15) is 10.6 Å². The quantitative estimate of drug-likeness (QED) is 0.525. The van der Waals surface area contributed by atoms with E-state index in [9.17, 15) is 14.4 Å². The number of thiophene rings is 1. The molecule has 1 aromatic heterocycles. The molecule has 0 unspecified atom stereocenters. The number of nitrogens with one attached hydrogen (secondary N) is 2. The highest BCUT2D eigenvalue weighted by Gasteiger charge is 2.32. The fourth-order valence-corrected chi connectivity index (χ4v) is 3.59. The second-order valence-electron chi connectivity index (χ2n) is 6.56. The Labute approximate surface area is 167 Å². The van der Waals surface area contributed by atoms with Gasteiger partial charge in [-0.25, -0.2) is 4.79 Å². The first kappa shape index (κ1) is 19.8. The van der Waals surface area contributed by atoms with Crippen LogP contribution >= 0.6 is 11.3 Å². The van der Waals surface area contributed by atoms with Crippen LogP contribution in [0.2, 0.25) is 0 Å². The van der Waals surface area contributed by atoms with E-state index in [2.05, 4.69) is 17.2 Å². The van der Waals surface area contributed by atoms with Crippen LogP contribution in [0.4, 0.5) is 5.00 Å². The van der Waals surface area contributed by atoms with Gasteiger partial charge in [-0.05, 0) is 25.3 Å². The molecule has 2 aromatic rings. The second kappa shape index (κ2) is 8.84. The zero-order valence-corrected chi connectivity index (χ0v) is 16.4. The summed E-state index contributed by atoms with van der Waals surface area (Å²) in [7, 11) is 0. The van der Waals surface area contributed by atoms with Gasteiger partial charge in [0.15, 0.2) is 6.10 Å². The predicted molar refractivity (Wildman–Crippen MR) is 109 cm³/mol. The number of rotatable bonds is 8. The van der Waals surface area contributed by atoms with E-state index in [0.29, 0.717) is 10.6 Å². The molecule has 0 radical (unpaired) electrons. The van der Waals surface area contributed by atoms with Crippen molar-refractivity contribution in [3.63, 3.8) is 0 Å². The average Bonchev–Trinajstić information content (AvgIpc) is 3.47. The smallest absolute Gasteiger partial charge is 0.342 e. The fraction of sp³-hybridized carbons (Fsp3) is 0.286. The van der Waals surface area contributed by atoms with Crippen molar-refractivity contribution in [3.05, 3.63) is 53.9 Å². The van der Waals surface area contributed by atoms with Gasteiger partial charge in [0.05, 0.1) is 0 Å². The number of hydrogen-bond donors (Lipinski definition) is 2. The Bertz CT molecular complexity index is 887. The van der Waals surface area contributed by atoms with Gasteiger partial charge in [-0.15, -0.1) is 17.9 Å². The molecule has 146 valence electrons. The Balaban J connectivity index is 1.86. The Morgan fingerprint density at radius 2 is 2.00 bits per heavy atom. The van der Waals surface area contributed by atoms with E-state index in [-0.39, 0.29) is 23.9 Å². The van der Waals surface area contributed by atoms with Gasteiger partial charge in [-0.2, -0.15) is 0 Å². The van der Waals surface area contributed by atoms with E-state index in [1.54, 1.807) is 6.08 Å². The Kier molecular flexibility index (Phi) is 6.26. The molecule has 1 fully saturated rings. The van der Waals surface area contributed by atoms with Crippen LogP contribution in [0.15, 0.2) is 48.4 Å². The Hall–Kier alpha value is -2.93. The average molecular weight is 398 g/mol. The Morgan fingerprint density at radius 3 is 2.64 bits per heavy atom. The first-order valence-corrected chi connectivity index (χ1v) is 9.96. The van der Waals surface area contributed by atoms with E-state index in [1.807, 2.05) is 35.7 Å². The van der Waals surface area contributed by atoms with Gasteiger partial charge < -0.3 is 15.4 Å². The molecule has 1 aliphatic carbocycles. The third-order valence-electron chi connectivity index (χ3n) is 4.34. The van der Waals surface area contributed by atoms with E-state index < -0.39 is 18.0 Å². The number of benzene rings is 1. The molecule has 2 amide bonds. The van der Waals surface area contributed by atoms with Crippen LogP contribution in [0.25, 0.3) is 11.1 Å². The molecule has 28 heavy (non-hydrogen) atoms. The molecule has 1 aliphatic rings. The number of carbonyl (C=O) groups is 3. The molecule has 1 saturated carbocycles. The van der Waals surface area contributed by atoms with E-state index in [4.69, 9.17) is 4.74 Å². The highest BCUT2D eigenvalue weighted by molar-refractivity contribution is 7.15. The summed E-state index contributed by atoms with van der Waals surface area (Å²) in [5.74, 6) is -1.14. The maximum atomic E-state index is 12.9. The highest BCUT2D eigenvalue weighted by atomic mass is 32.1. The number of hydrogen-bond acceptors (Lipinski definition) is 5. The molecule has 1 heterocycles. The highest BCUT2D eigenvalue weighted by Crippen LogP contribution is 2.38. The Morgan fingerprint density at radius 1 is 1.29 bits per heavy atom. The second-order valence-corrected chi connectivity index (χ2v) is 7.44. The lowest BCUT2D eigenvalue weighted by atomic mass is 10.0. The van der Waals surface area contributed by atoms with Gasteiger partial charge in [-0.3, -0.25) is 9.59 Å².